The molecule has 3 rings (SSSR count). The third kappa shape index (κ3) is 4.78. The summed E-state index contributed by atoms with van der Waals surface area (Å²) in [6.07, 6.45) is 1.32. The molecule has 0 aromatic heterocycles. The van der Waals surface area contributed by atoms with Crippen molar-refractivity contribution < 1.29 is 22.0 Å². The minimum atomic E-state index is -4.42. The zero-order valence-electron chi connectivity index (χ0n) is 14.8. The molecular formula is C18H20ClF2N3O3S. The molecule has 1 aliphatic rings. The van der Waals surface area contributed by atoms with Crippen LogP contribution in [0.2, 0.25) is 0 Å². The number of sulfonamides is 1. The van der Waals surface area contributed by atoms with E-state index in [1.54, 1.807) is 17.0 Å². The molecule has 1 aliphatic heterocycles. The number of carbonyl (C=O) groups is 1. The smallest absolute Gasteiger partial charge is 0.264 e. The van der Waals surface area contributed by atoms with Gasteiger partial charge in [-0.25, -0.2) is 17.2 Å². The summed E-state index contributed by atoms with van der Waals surface area (Å²) in [5, 5.41) is 0. The molecule has 152 valence electrons. The normalized spacial score (nSPS) is 15.0. The number of carbonyl (C=O) groups excluding carboxylic acids is 1. The second-order valence-corrected chi connectivity index (χ2v) is 8.01. The maximum atomic E-state index is 13.9. The Hall–Kier alpha value is -2.23. The first-order valence-electron chi connectivity index (χ1n) is 8.39. The maximum Gasteiger partial charge on any atom is 0.264 e. The molecule has 28 heavy (non-hydrogen) atoms. The molecule has 1 heterocycles. The lowest BCUT2D eigenvalue weighted by molar-refractivity contribution is 0.0716. The summed E-state index contributed by atoms with van der Waals surface area (Å²) in [7, 11) is -4.42. The van der Waals surface area contributed by atoms with Gasteiger partial charge in [0.2, 0.25) is 0 Å². The molecule has 2 aromatic rings. The monoisotopic (exact) mass is 431 g/mol. The standard InChI is InChI=1S/C18H19F2N3O3S.ClH/c19-12-5-6-15(20)17(11-12)27(25,26)22-16-4-2-1-3-14(16)18(24)23-9-7-13(21)8-10-23;/h1-6,11,13,22H,7-10,21H2;1H. The fraction of sp³-hybridized carbons (Fsp3) is 0.278. The Morgan fingerprint density at radius 1 is 1.11 bits per heavy atom. The highest BCUT2D eigenvalue weighted by molar-refractivity contribution is 7.92. The number of amides is 1. The van der Waals surface area contributed by atoms with E-state index in [9.17, 15) is 22.0 Å². The van der Waals surface area contributed by atoms with Gasteiger partial charge < -0.3 is 10.6 Å². The van der Waals surface area contributed by atoms with Crippen LogP contribution in [0.4, 0.5) is 14.5 Å². The molecule has 1 fully saturated rings. The molecule has 10 heteroatoms. The lowest BCUT2D eigenvalue weighted by atomic mass is 10.0. The number of anilines is 1. The summed E-state index contributed by atoms with van der Waals surface area (Å²) in [6, 6.07) is 8.22. The molecule has 2 aromatic carbocycles. The Balaban J connectivity index is 0.00000280. The fourth-order valence-electron chi connectivity index (χ4n) is 2.91. The Kier molecular flexibility index (Phi) is 6.97. The van der Waals surface area contributed by atoms with Crippen LogP contribution in [0.15, 0.2) is 47.4 Å². The van der Waals surface area contributed by atoms with E-state index in [-0.39, 0.29) is 35.6 Å². The van der Waals surface area contributed by atoms with E-state index >= 15 is 0 Å². The van der Waals surface area contributed by atoms with Crippen LogP contribution < -0.4 is 10.5 Å². The number of nitrogens with one attached hydrogen (secondary N) is 1. The number of likely N-dealkylation sites (tertiary alicyclic amines) is 1. The highest BCUT2D eigenvalue weighted by Gasteiger charge is 2.26. The van der Waals surface area contributed by atoms with Crippen molar-refractivity contribution in [3.8, 4) is 0 Å². The lowest BCUT2D eigenvalue weighted by Gasteiger charge is -2.30. The summed E-state index contributed by atoms with van der Waals surface area (Å²) in [4.78, 5) is 13.6. The van der Waals surface area contributed by atoms with Crippen molar-refractivity contribution in [2.45, 2.75) is 23.8 Å². The summed E-state index contributed by atoms with van der Waals surface area (Å²) in [5.74, 6) is -2.32. The number of nitrogens with zero attached hydrogens (tertiary/aromatic N) is 1. The third-order valence-electron chi connectivity index (χ3n) is 4.41. The average Bonchev–Trinajstić information content (AvgIpc) is 2.64. The largest absolute Gasteiger partial charge is 0.338 e. The van der Waals surface area contributed by atoms with Crippen molar-refractivity contribution >= 4 is 34.0 Å². The minimum absolute atomic E-state index is 0. The van der Waals surface area contributed by atoms with Gasteiger partial charge in [-0.1, -0.05) is 12.1 Å². The van der Waals surface area contributed by atoms with Crippen molar-refractivity contribution in [2.75, 3.05) is 17.8 Å². The van der Waals surface area contributed by atoms with Crippen LogP contribution in [0.3, 0.4) is 0 Å². The van der Waals surface area contributed by atoms with E-state index in [2.05, 4.69) is 4.72 Å². The molecular weight excluding hydrogens is 412 g/mol. The zero-order valence-corrected chi connectivity index (χ0v) is 16.4. The van der Waals surface area contributed by atoms with Gasteiger partial charge in [-0.15, -0.1) is 12.4 Å². The Bertz CT molecular complexity index is 964. The summed E-state index contributed by atoms with van der Waals surface area (Å²) in [6.45, 7) is 0.944. The molecule has 1 saturated heterocycles. The predicted octanol–water partition coefficient (Wildman–Crippen LogP) is 2.75. The van der Waals surface area contributed by atoms with Gasteiger partial charge in [0.25, 0.3) is 15.9 Å². The average molecular weight is 432 g/mol. The predicted molar refractivity (Wildman–Crippen MR) is 104 cm³/mol. The molecule has 0 atom stereocenters. The SMILES string of the molecule is Cl.NC1CCN(C(=O)c2ccccc2NS(=O)(=O)c2cc(F)ccc2F)CC1. The molecule has 6 nitrogen and oxygen atoms in total. The molecule has 0 bridgehead atoms. The number of benzene rings is 2. The summed E-state index contributed by atoms with van der Waals surface area (Å²) in [5.41, 5.74) is 5.98. The summed E-state index contributed by atoms with van der Waals surface area (Å²) < 4.78 is 54.5. The van der Waals surface area contributed by atoms with Gasteiger partial charge in [-0.05, 0) is 43.2 Å². The molecule has 3 N–H and O–H groups in total. The first-order valence-corrected chi connectivity index (χ1v) is 9.88. The number of nitrogens with two attached hydrogens (primary N) is 1. The van der Waals surface area contributed by atoms with Gasteiger partial charge in [-0.2, -0.15) is 0 Å². The van der Waals surface area contributed by atoms with E-state index < -0.39 is 26.6 Å². The highest BCUT2D eigenvalue weighted by atomic mass is 35.5. The van der Waals surface area contributed by atoms with Gasteiger partial charge in [0.05, 0.1) is 11.3 Å². The molecule has 1 amide bonds. The molecule has 0 saturated carbocycles. The van der Waals surface area contributed by atoms with E-state index in [1.165, 1.54) is 12.1 Å². The highest BCUT2D eigenvalue weighted by Crippen LogP contribution is 2.24. The Morgan fingerprint density at radius 3 is 2.43 bits per heavy atom. The van der Waals surface area contributed by atoms with Crippen LogP contribution >= 0.6 is 12.4 Å². The van der Waals surface area contributed by atoms with Gasteiger partial charge in [0.15, 0.2) is 0 Å². The summed E-state index contributed by atoms with van der Waals surface area (Å²) >= 11 is 0. The Labute approximate surface area is 168 Å². The van der Waals surface area contributed by atoms with Gasteiger partial charge in [-0.3, -0.25) is 9.52 Å². The van der Waals surface area contributed by atoms with Crippen LogP contribution in [0.1, 0.15) is 23.2 Å². The lowest BCUT2D eigenvalue weighted by Crippen LogP contribution is -2.43. The van der Waals surface area contributed by atoms with Crippen molar-refractivity contribution in [1.29, 1.82) is 0 Å². The molecule has 0 unspecified atom stereocenters. The second kappa shape index (κ2) is 8.85. The second-order valence-electron chi connectivity index (χ2n) is 6.36. The van der Waals surface area contributed by atoms with Crippen molar-refractivity contribution in [3.63, 3.8) is 0 Å². The van der Waals surface area contributed by atoms with Gasteiger partial charge >= 0.3 is 0 Å². The van der Waals surface area contributed by atoms with Crippen molar-refractivity contribution in [2.24, 2.45) is 5.73 Å². The quantitative estimate of drug-likeness (QED) is 0.778. The van der Waals surface area contributed by atoms with E-state index in [4.69, 9.17) is 5.73 Å². The van der Waals surface area contributed by atoms with Crippen LogP contribution in [-0.2, 0) is 10.0 Å². The number of hydrogen-bond acceptors (Lipinski definition) is 4. The van der Waals surface area contributed by atoms with E-state index in [0.29, 0.717) is 32.0 Å². The van der Waals surface area contributed by atoms with Gasteiger partial charge in [0.1, 0.15) is 16.5 Å². The van der Waals surface area contributed by atoms with E-state index in [0.717, 1.165) is 12.1 Å². The minimum Gasteiger partial charge on any atom is -0.338 e. The fourth-order valence-corrected chi connectivity index (χ4v) is 4.08. The first kappa shape index (κ1) is 22.1. The Morgan fingerprint density at radius 2 is 1.75 bits per heavy atom. The number of para-hydroxylation sites is 1. The zero-order chi connectivity index (χ0) is 19.6. The number of hydrogen-bond donors (Lipinski definition) is 2. The number of rotatable bonds is 4. The van der Waals surface area contributed by atoms with Crippen molar-refractivity contribution in [1.82, 2.24) is 4.90 Å². The first-order chi connectivity index (χ1) is 12.8. The topological polar surface area (TPSA) is 92.5 Å². The number of piperidine rings is 1. The molecule has 0 aliphatic carbocycles. The number of halogens is 3. The van der Waals surface area contributed by atoms with Crippen LogP contribution in [0.5, 0.6) is 0 Å². The van der Waals surface area contributed by atoms with E-state index in [1.807, 2.05) is 0 Å². The molecule has 0 radical (unpaired) electrons. The van der Waals surface area contributed by atoms with Gasteiger partial charge in [0, 0.05) is 19.1 Å². The van der Waals surface area contributed by atoms with Crippen molar-refractivity contribution in [3.05, 3.63) is 59.7 Å². The molecule has 0 spiro atoms. The van der Waals surface area contributed by atoms with Crippen LogP contribution in [0.25, 0.3) is 0 Å². The third-order valence-corrected chi connectivity index (χ3v) is 5.79. The van der Waals surface area contributed by atoms with Crippen LogP contribution in [0, 0.1) is 11.6 Å². The maximum absolute atomic E-state index is 13.9. The van der Waals surface area contributed by atoms with Crippen LogP contribution in [-0.4, -0.2) is 38.4 Å².